The van der Waals surface area contributed by atoms with Crippen molar-refractivity contribution in [3.63, 3.8) is 0 Å². The van der Waals surface area contributed by atoms with Crippen LogP contribution in [-0.4, -0.2) is 45.4 Å². The molecule has 3 aromatic rings. The zero-order chi connectivity index (χ0) is 18.6. The number of nitrogens with one attached hydrogen (secondary N) is 3. The molecule has 2 aromatic heterocycles. The van der Waals surface area contributed by atoms with Crippen molar-refractivity contribution in [2.45, 2.75) is 25.3 Å². The van der Waals surface area contributed by atoms with E-state index in [-0.39, 0.29) is 30.0 Å². The highest BCUT2D eigenvalue weighted by Crippen LogP contribution is 2.23. The molecule has 1 fully saturated rings. The number of pyridine rings is 1. The maximum absolute atomic E-state index is 12.8. The van der Waals surface area contributed by atoms with E-state index in [0.717, 1.165) is 54.6 Å². The number of aromatic nitrogens is 3. The van der Waals surface area contributed by atoms with Gasteiger partial charge in [0, 0.05) is 38.4 Å². The van der Waals surface area contributed by atoms with Crippen LogP contribution >= 0.6 is 12.4 Å². The van der Waals surface area contributed by atoms with Gasteiger partial charge in [0.2, 0.25) is 5.91 Å². The summed E-state index contributed by atoms with van der Waals surface area (Å²) in [5.41, 5.74) is 3.61. The number of halogens is 1. The minimum absolute atomic E-state index is 0. The lowest BCUT2D eigenvalue weighted by Gasteiger charge is -2.36. The van der Waals surface area contributed by atoms with E-state index in [2.05, 4.69) is 20.3 Å². The molecule has 0 bridgehead atoms. The summed E-state index contributed by atoms with van der Waals surface area (Å²) in [5.74, 6) is 0.182. The number of benzene rings is 1. The van der Waals surface area contributed by atoms with Crippen molar-refractivity contribution >= 4 is 29.3 Å². The van der Waals surface area contributed by atoms with Gasteiger partial charge in [-0.15, -0.1) is 12.4 Å². The number of hydrogen-bond donors (Lipinski definition) is 3. The molecule has 1 aliphatic rings. The van der Waals surface area contributed by atoms with Crippen LogP contribution < -0.4 is 11.0 Å². The molecule has 148 valence electrons. The largest absolute Gasteiger partial charge is 0.333 e. The lowest BCUT2D eigenvalue weighted by molar-refractivity contribution is -0.134. The molecular formula is C20H24ClN5O2. The second-order valence-corrected chi connectivity index (χ2v) is 6.91. The molecule has 1 atom stereocenters. The quantitative estimate of drug-likeness (QED) is 0.610. The zero-order valence-corrected chi connectivity index (χ0v) is 16.3. The van der Waals surface area contributed by atoms with Gasteiger partial charge in [-0.05, 0) is 42.2 Å². The fourth-order valence-corrected chi connectivity index (χ4v) is 3.70. The van der Waals surface area contributed by atoms with Crippen molar-refractivity contribution in [1.82, 2.24) is 25.2 Å². The third-order valence-electron chi connectivity index (χ3n) is 5.07. The number of fused-ring (bicyclic) bond motifs is 1. The zero-order valence-electron chi connectivity index (χ0n) is 15.5. The van der Waals surface area contributed by atoms with Crippen LogP contribution in [0.25, 0.3) is 11.0 Å². The van der Waals surface area contributed by atoms with Crippen molar-refractivity contribution in [3.8, 4) is 0 Å². The average Bonchev–Trinajstić information content (AvgIpc) is 3.08. The first-order chi connectivity index (χ1) is 13.2. The van der Waals surface area contributed by atoms with Crippen molar-refractivity contribution in [3.05, 3.63) is 64.3 Å². The lowest BCUT2D eigenvalue weighted by Crippen LogP contribution is -2.48. The van der Waals surface area contributed by atoms with E-state index >= 15 is 0 Å². The van der Waals surface area contributed by atoms with Crippen LogP contribution in [0.1, 0.15) is 30.0 Å². The van der Waals surface area contributed by atoms with Crippen LogP contribution in [0.2, 0.25) is 0 Å². The summed E-state index contributed by atoms with van der Waals surface area (Å²) < 4.78 is 0. The van der Waals surface area contributed by atoms with Crippen LogP contribution in [0.4, 0.5) is 0 Å². The summed E-state index contributed by atoms with van der Waals surface area (Å²) in [6, 6.07) is 9.85. The molecule has 1 amide bonds. The lowest BCUT2D eigenvalue weighted by atomic mass is 10.0. The normalized spacial score (nSPS) is 16.7. The third kappa shape index (κ3) is 4.43. The van der Waals surface area contributed by atoms with Gasteiger partial charge in [-0.25, -0.2) is 4.79 Å². The predicted molar refractivity (Wildman–Crippen MR) is 111 cm³/mol. The molecule has 4 rings (SSSR count). The van der Waals surface area contributed by atoms with Gasteiger partial charge < -0.3 is 20.2 Å². The molecular weight excluding hydrogens is 378 g/mol. The molecule has 7 nitrogen and oxygen atoms in total. The molecule has 3 N–H and O–H groups in total. The maximum Gasteiger partial charge on any atom is 0.323 e. The molecule has 0 radical (unpaired) electrons. The Morgan fingerprint density at radius 1 is 1.21 bits per heavy atom. The Kier molecular flexibility index (Phi) is 6.49. The molecule has 0 spiro atoms. The number of rotatable bonds is 5. The summed E-state index contributed by atoms with van der Waals surface area (Å²) in [5, 5.41) is 3.37. The molecule has 28 heavy (non-hydrogen) atoms. The predicted octanol–water partition coefficient (Wildman–Crippen LogP) is 2.17. The third-order valence-corrected chi connectivity index (χ3v) is 5.07. The minimum atomic E-state index is -0.197. The van der Waals surface area contributed by atoms with E-state index < -0.39 is 0 Å². The van der Waals surface area contributed by atoms with Gasteiger partial charge in [0.15, 0.2) is 0 Å². The van der Waals surface area contributed by atoms with Gasteiger partial charge in [-0.1, -0.05) is 12.1 Å². The number of carbonyl (C=O) groups is 1. The number of hydrogen-bond acceptors (Lipinski definition) is 4. The maximum atomic E-state index is 12.8. The van der Waals surface area contributed by atoms with E-state index in [0.29, 0.717) is 6.42 Å². The highest BCUT2D eigenvalue weighted by atomic mass is 35.5. The fraction of sp³-hybridized carbons (Fsp3) is 0.350. The van der Waals surface area contributed by atoms with E-state index in [4.69, 9.17) is 0 Å². The Morgan fingerprint density at radius 3 is 2.89 bits per heavy atom. The summed E-state index contributed by atoms with van der Waals surface area (Å²) in [7, 11) is 0. The number of H-pyrrole nitrogens is 2. The van der Waals surface area contributed by atoms with Gasteiger partial charge in [-0.3, -0.25) is 9.78 Å². The number of aryl methyl sites for hydroxylation is 1. The highest BCUT2D eigenvalue weighted by Gasteiger charge is 2.27. The first kappa shape index (κ1) is 20.1. The van der Waals surface area contributed by atoms with Crippen molar-refractivity contribution in [2.75, 3.05) is 19.6 Å². The molecule has 1 saturated heterocycles. The van der Waals surface area contributed by atoms with Crippen LogP contribution in [0.3, 0.4) is 0 Å². The van der Waals surface area contributed by atoms with E-state index in [9.17, 15) is 9.59 Å². The van der Waals surface area contributed by atoms with Crippen molar-refractivity contribution in [2.24, 2.45) is 0 Å². The number of amides is 1. The summed E-state index contributed by atoms with van der Waals surface area (Å²) in [6.07, 6.45) is 5.69. The number of imidazole rings is 1. The Labute approximate surface area is 169 Å². The van der Waals surface area contributed by atoms with Crippen LogP contribution in [0.15, 0.2) is 47.5 Å². The summed E-state index contributed by atoms with van der Waals surface area (Å²) in [6.45, 7) is 2.30. The number of aromatic amines is 2. The van der Waals surface area contributed by atoms with E-state index in [1.54, 1.807) is 6.20 Å². The SMILES string of the molecule is Cl.O=C(CCCc1ccc2[nH]c(=O)[nH]c2c1)N1CCNCC1c1cccnc1. The summed E-state index contributed by atoms with van der Waals surface area (Å²) in [4.78, 5) is 35.8. The Balaban J connectivity index is 0.00000225. The molecule has 3 heterocycles. The first-order valence-corrected chi connectivity index (χ1v) is 9.32. The second-order valence-electron chi connectivity index (χ2n) is 6.91. The Bertz CT molecular complexity index is 985. The standard InChI is InChI=1S/C20H23N5O2.ClH/c26-19(25-10-9-22-13-18(25)15-4-2-8-21-12-15)5-1-3-14-6-7-16-17(11-14)24-20(27)23-16;/h2,4,6-8,11-12,18,22H,1,3,5,9-10,13H2,(H2,23,24,27);1H. The van der Waals surface area contributed by atoms with Gasteiger partial charge in [0.05, 0.1) is 17.1 Å². The molecule has 0 saturated carbocycles. The van der Waals surface area contributed by atoms with Gasteiger partial charge in [0.25, 0.3) is 0 Å². The number of piperazine rings is 1. The van der Waals surface area contributed by atoms with Gasteiger partial charge in [0.1, 0.15) is 0 Å². The molecule has 0 aliphatic carbocycles. The molecule has 1 unspecified atom stereocenters. The fourth-order valence-electron chi connectivity index (χ4n) is 3.70. The molecule has 8 heteroatoms. The van der Waals surface area contributed by atoms with Crippen LogP contribution in [0, 0.1) is 0 Å². The number of nitrogens with zero attached hydrogens (tertiary/aromatic N) is 2. The smallest absolute Gasteiger partial charge is 0.323 e. The van der Waals surface area contributed by atoms with Crippen LogP contribution in [-0.2, 0) is 11.2 Å². The monoisotopic (exact) mass is 401 g/mol. The summed E-state index contributed by atoms with van der Waals surface area (Å²) >= 11 is 0. The van der Waals surface area contributed by atoms with Crippen molar-refractivity contribution in [1.29, 1.82) is 0 Å². The van der Waals surface area contributed by atoms with Gasteiger partial charge in [-0.2, -0.15) is 0 Å². The second kappa shape index (κ2) is 9.03. The first-order valence-electron chi connectivity index (χ1n) is 9.32. The Hall–Kier alpha value is -2.64. The van der Waals surface area contributed by atoms with Gasteiger partial charge >= 0.3 is 5.69 Å². The van der Waals surface area contributed by atoms with E-state index in [1.807, 2.05) is 41.4 Å². The van der Waals surface area contributed by atoms with E-state index in [1.165, 1.54) is 0 Å². The molecule has 1 aromatic carbocycles. The topological polar surface area (TPSA) is 93.9 Å². The Morgan fingerprint density at radius 2 is 2.07 bits per heavy atom. The minimum Gasteiger partial charge on any atom is -0.333 e. The number of carbonyl (C=O) groups excluding carboxylic acids is 1. The van der Waals surface area contributed by atoms with Crippen LogP contribution in [0.5, 0.6) is 0 Å². The highest BCUT2D eigenvalue weighted by molar-refractivity contribution is 5.85. The van der Waals surface area contributed by atoms with Crippen molar-refractivity contribution < 1.29 is 4.79 Å². The molecule has 1 aliphatic heterocycles. The average molecular weight is 402 g/mol.